The van der Waals surface area contributed by atoms with Gasteiger partial charge in [-0.15, -0.1) is 12.4 Å². The predicted molar refractivity (Wildman–Crippen MR) is 84.4 cm³/mol. The highest BCUT2D eigenvalue weighted by atomic mass is 35.5. The Morgan fingerprint density at radius 1 is 1.52 bits per heavy atom. The minimum absolute atomic E-state index is 0. The van der Waals surface area contributed by atoms with Crippen LogP contribution in [0, 0.1) is 5.41 Å². The molecule has 0 bridgehead atoms. The number of aromatic nitrogens is 1. The Balaban J connectivity index is 0.00000220. The summed E-state index contributed by atoms with van der Waals surface area (Å²) in [7, 11) is 1.66. The largest absolute Gasteiger partial charge is 0.384 e. The molecule has 0 spiro atoms. The molecule has 1 amide bonds. The van der Waals surface area contributed by atoms with E-state index in [1.807, 2.05) is 30.0 Å². The maximum Gasteiger partial charge on any atom is 0.232 e. The first-order chi connectivity index (χ1) is 9.72. The van der Waals surface area contributed by atoms with Crippen LogP contribution >= 0.6 is 12.4 Å². The van der Waals surface area contributed by atoms with E-state index in [1.165, 1.54) is 0 Å². The van der Waals surface area contributed by atoms with Crippen LogP contribution in [0.25, 0.3) is 0 Å². The number of hydrogen-bond donors (Lipinski definition) is 1. The molecular weight excluding hydrogens is 290 g/mol. The average Bonchev–Trinajstić information content (AvgIpc) is 2.95. The Hall–Kier alpha value is -1.17. The van der Waals surface area contributed by atoms with Crippen molar-refractivity contribution in [1.29, 1.82) is 0 Å². The third-order valence-corrected chi connectivity index (χ3v) is 3.87. The lowest BCUT2D eigenvalue weighted by molar-refractivity contribution is -0.144. The molecule has 0 radical (unpaired) electrons. The van der Waals surface area contributed by atoms with Crippen molar-refractivity contribution in [1.82, 2.24) is 15.2 Å². The lowest BCUT2D eigenvalue weighted by atomic mass is 9.86. The molecule has 2 rings (SSSR count). The van der Waals surface area contributed by atoms with E-state index in [1.54, 1.807) is 13.3 Å². The van der Waals surface area contributed by atoms with Gasteiger partial charge in [-0.25, -0.2) is 0 Å². The number of hydrogen-bond acceptors (Lipinski definition) is 4. The summed E-state index contributed by atoms with van der Waals surface area (Å²) in [6.45, 7) is 5.28. The number of halogens is 1. The normalized spacial score (nSPS) is 20.9. The zero-order valence-corrected chi connectivity index (χ0v) is 13.5. The van der Waals surface area contributed by atoms with E-state index >= 15 is 0 Å². The maximum atomic E-state index is 12.9. The zero-order chi connectivity index (χ0) is 14.4. The van der Waals surface area contributed by atoms with Gasteiger partial charge >= 0.3 is 0 Å². The number of pyridine rings is 1. The summed E-state index contributed by atoms with van der Waals surface area (Å²) in [4.78, 5) is 19.0. The second-order valence-corrected chi connectivity index (χ2v) is 5.28. The highest BCUT2D eigenvalue weighted by molar-refractivity contribution is 5.85. The SMILES string of the molecule is CCN(Cc1ccccn1)C(=O)C1(COC)CCNC1.Cl. The van der Waals surface area contributed by atoms with Crippen molar-refractivity contribution < 1.29 is 9.53 Å². The summed E-state index contributed by atoms with van der Waals surface area (Å²) in [5, 5.41) is 3.28. The Bertz CT molecular complexity index is 436. The molecule has 1 aromatic heterocycles. The summed E-state index contributed by atoms with van der Waals surface area (Å²) < 4.78 is 5.29. The van der Waals surface area contributed by atoms with Gasteiger partial charge in [-0.1, -0.05) is 6.07 Å². The molecule has 5 nitrogen and oxygen atoms in total. The highest BCUT2D eigenvalue weighted by Crippen LogP contribution is 2.29. The zero-order valence-electron chi connectivity index (χ0n) is 12.7. The van der Waals surface area contributed by atoms with Gasteiger partial charge in [-0.3, -0.25) is 9.78 Å². The van der Waals surface area contributed by atoms with Gasteiger partial charge in [-0.05, 0) is 32.0 Å². The molecule has 0 aliphatic carbocycles. The van der Waals surface area contributed by atoms with Crippen molar-refractivity contribution >= 4 is 18.3 Å². The second-order valence-electron chi connectivity index (χ2n) is 5.28. The number of methoxy groups -OCH3 is 1. The van der Waals surface area contributed by atoms with Crippen LogP contribution in [0.15, 0.2) is 24.4 Å². The summed E-state index contributed by atoms with van der Waals surface area (Å²) in [5.74, 6) is 0.164. The molecule has 118 valence electrons. The standard InChI is InChI=1S/C15H23N3O2.ClH/c1-3-18(10-13-6-4-5-8-17-13)14(19)15(12-20-2)7-9-16-11-15;/h4-6,8,16H,3,7,9-12H2,1-2H3;1H. The third-order valence-electron chi connectivity index (χ3n) is 3.87. The predicted octanol–water partition coefficient (Wildman–Crippen LogP) is 1.48. The molecule has 1 saturated heterocycles. The Kier molecular flexibility index (Phi) is 7.08. The first kappa shape index (κ1) is 17.9. The van der Waals surface area contributed by atoms with Crippen molar-refractivity contribution in [3.8, 4) is 0 Å². The molecular formula is C15H24ClN3O2. The van der Waals surface area contributed by atoms with Gasteiger partial charge in [0, 0.05) is 26.4 Å². The van der Waals surface area contributed by atoms with E-state index in [0.717, 1.165) is 18.7 Å². The number of ether oxygens (including phenoxy) is 1. The third kappa shape index (κ3) is 4.15. The molecule has 0 saturated carbocycles. The van der Waals surface area contributed by atoms with Crippen molar-refractivity contribution in [3.05, 3.63) is 30.1 Å². The first-order valence-electron chi connectivity index (χ1n) is 7.11. The number of carbonyl (C=O) groups is 1. The van der Waals surface area contributed by atoms with Crippen LogP contribution in [0.2, 0.25) is 0 Å². The quantitative estimate of drug-likeness (QED) is 0.864. The van der Waals surface area contributed by atoms with Crippen molar-refractivity contribution in [3.63, 3.8) is 0 Å². The van der Waals surface area contributed by atoms with Crippen LogP contribution < -0.4 is 5.32 Å². The number of nitrogens with zero attached hydrogens (tertiary/aromatic N) is 2. The van der Waals surface area contributed by atoms with Gasteiger partial charge in [0.2, 0.25) is 5.91 Å². The number of amides is 1. The summed E-state index contributed by atoms with van der Waals surface area (Å²) in [6.07, 6.45) is 2.59. The Morgan fingerprint density at radius 2 is 2.33 bits per heavy atom. The van der Waals surface area contributed by atoms with Gasteiger partial charge in [0.05, 0.1) is 24.3 Å². The Morgan fingerprint density at radius 3 is 2.86 bits per heavy atom. The molecule has 1 atom stereocenters. The highest BCUT2D eigenvalue weighted by Gasteiger charge is 2.43. The van der Waals surface area contributed by atoms with Crippen LogP contribution in [-0.4, -0.2) is 49.1 Å². The molecule has 1 fully saturated rings. The average molecular weight is 314 g/mol. The molecule has 2 heterocycles. The number of rotatable bonds is 6. The van der Waals surface area contributed by atoms with Crippen LogP contribution in [0.1, 0.15) is 19.0 Å². The number of nitrogens with one attached hydrogen (secondary N) is 1. The molecule has 0 aromatic carbocycles. The summed E-state index contributed by atoms with van der Waals surface area (Å²) >= 11 is 0. The van der Waals surface area contributed by atoms with E-state index in [-0.39, 0.29) is 18.3 Å². The molecule has 1 aromatic rings. The fraction of sp³-hybridized carbons (Fsp3) is 0.600. The minimum Gasteiger partial charge on any atom is -0.384 e. The fourth-order valence-electron chi connectivity index (χ4n) is 2.74. The van der Waals surface area contributed by atoms with Crippen LogP contribution in [0.4, 0.5) is 0 Å². The van der Waals surface area contributed by atoms with E-state index in [0.29, 0.717) is 26.2 Å². The van der Waals surface area contributed by atoms with Gasteiger partial charge in [0.1, 0.15) is 0 Å². The molecule has 1 unspecified atom stereocenters. The maximum absolute atomic E-state index is 12.9. The first-order valence-corrected chi connectivity index (χ1v) is 7.11. The van der Waals surface area contributed by atoms with Gasteiger partial charge in [0.15, 0.2) is 0 Å². The molecule has 1 aliphatic rings. The van der Waals surface area contributed by atoms with E-state index in [2.05, 4.69) is 10.3 Å². The lowest BCUT2D eigenvalue weighted by Gasteiger charge is -2.32. The molecule has 6 heteroatoms. The van der Waals surface area contributed by atoms with E-state index < -0.39 is 5.41 Å². The van der Waals surface area contributed by atoms with Gasteiger partial charge in [-0.2, -0.15) is 0 Å². The van der Waals surface area contributed by atoms with Crippen molar-refractivity contribution in [2.24, 2.45) is 5.41 Å². The van der Waals surface area contributed by atoms with E-state index in [4.69, 9.17) is 4.74 Å². The van der Waals surface area contributed by atoms with E-state index in [9.17, 15) is 4.79 Å². The smallest absolute Gasteiger partial charge is 0.232 e. The van der Waals surface area contributed by atoms with Crippen molar-refractivity contribution in [2.75, 3.05) is 33.4 Å². The molecule has 21 heavy (non-hydrogen) atoms. The summed E-state index contributed by atoms with van der Waals surface area (Å²) in [6, 6.07) is 5.78. The van der Waals surface area contributed by atoms with Crippen LogP contribution in [0.3, 0.4) is 0 Å². The monoisotopic (exact) mass is 313 g/mol. The van der Waals surface area contributed by atoms with Gasteiger partial charge in [0.25, 0.3) is 0 Å². The Labute approximate surface area is 132 Å². The number of carbonyl (C=O) groups excluding carboxylic acids is 1. The summed E-state index contributed by atoms with van der Waals surface area (Å²) in [5.41, 5.74) is 0.501. The lowest BCUT2D eigenvalue weighted by Crippen LogP contribution is -2.47. The van der Waals surface area contributed by atoms with Crippen LogP contribution in [0.5, 0.6) is 0 Å². The molecule has 1 aliphatic heterocycles. The minimum atomic E-state index is -0.417. The van der Waals surface area contributed by atoms with Gasteiger partial charge < -0.3 is 15.0 Å². The topological polar surface area (TPSA) is 54.5 Å². The molecule has 1 N–H and O–H groups in total. The van der Waals surface area contributed by atoms with Crippen LogP contribution in [-0.2, 0) is 16.1 Å². The van der Waals surface area contributed by atoms with Crippen molar-refractivity contribution in [2.45, 2.75) is 19.9 Å². The second kappa shape index (κ2) is 8.32. The fourth-order valence-corrected chi connectivity index (χ4v) is 2.74.